The summed E-state index contributed by atoms with van der Waals surface area (Å²) in [5.74, 6) is 0. The Morgan fingerprint density at radius 3 is 2.92 bits per heavy atom. The number of hydrogen-bond acceptors (Lipinski definition) is 3. The minimum Gasteiger partial charge on any atom is -0.330 e. The summed E-state index contributed by atoms with van der Waals surface area (Å²) in [6, 6.07) is 0. The van der Waals surface area contributed by atoms with Gasteiger partial charge in [-0.25, -0.2) is 4.98 Å². The third-order valence-electron chi connectivity index (χ3n) is 1.79. The SMILES string of the molecule is CCc1cnc(CCCCN)s1. The molecule has 12 heavy (non-hydrogen) atoms. The summed E-state index contributed by atoms with van der Waals surface area (Å²) in [7, 11) is 0. The highest BCUT2D eigenvalue weighted by molar-refractivity contribution is 7.11. The molecule has 1 heterocycles. The summed E-state index contributed by atoms with van der Waals surface area (Å²) >= 11 is 1.83. The van der Waals surface area contributed by atoms with Crippen molar-refractivity contribution < 1.29 is 0 Å². The third-order valence-corrected chi connectivity index (χ3v) is 3.00. The Labute approximate surface area is 77.8 Å². The van der Waals surface area contributed by atoms with Crippen LogP contribution < -0.4 is 5.73 Å². The predicted octanol–water partition coefficient (Wildman–Crippen LogP) is 1.99. The van der Waals surface area contributed by atoms with E-state index in [0.29, 0.717) is 0 Å². The molecule has 0 spiro atoms. The van der Waals surface area contributed by atoms with Crippen LogP contribution in [0.3, 0.4) is 0 Å². The lowest BCUT2D eigenvalue weighted by atomic mass is 10.2. The molecule has 3 heteroatoms. The Kier molecular flexibility index (Phi) is 4.25. The van der Waals surface area contributed by atoms with Gasteiger partial charge in [0.25, 0.3) is 0 Å². The molecule has 1 rings (SSSR count). The first kappa shape index (κ1) is 9.68. The van der Waals surface area contributed by atoms with E-state index in [-0.39, 0.29) is 0 Å². The van der Waals surface area contributed by atoms with Crippen molar-refractivity contribution in [1.29, 1.82) is 0 Å². The molecule has 1 aromatic heterocycles. The van der Waals surface area contributed by atoms with Crippen LogP contribution in [0.2, 0.25) is 0 Å². The third kappa shape index (κ3) is 2.91. The molecule has 68 valence electrons. The van der Waals surface area contributed by atoms with Gasteiger partial charge in [0, 0.05) is 11.1 Å². The molecule has 2 nitrogen and oxygen atoms in total. The first-order valence-corrected chi connectivity index (χ1v) is 5.32. The topological polar surface area (TPSA) is 38.9 Å². The van der Waals surface area contributed by atoms with Crippen molar-refractivity contribution in [3.8, 4) is 0 Å². The molecule has 0 aliphatic carbocycles. The molecule has 0 saturated heterocycles. The van der Waals surface area contributed by atoms with Crippen LogP contribution >= 0.6 is 11.3 Å². The molecule has 0 amide bonds. The van der Waals surface area contributed by atoms with E-state index in [2.05, 4.69) is 11.9 Å². The van der Waals surface area contributed by atoms with E-state index in [1.54, 1.807) is 0 Å². The van der Waals surface area contributed by atoms with Gasteiger partial charge in [0.2, 0.25) is 0 Å². The molecular formula is C9H16N2S. The van der Waals surface area contributed by atoms with E-state index in [9.17, 15) is 0 Å². The normalized spacial score (nSPS) is 10.5. The van der Waals surface area contributed by atoms with E-state index < -0.39 is 0 Å². The van der Waals surface area contributed by atoms with Gasteiger partial charge in [0.1, 0.15) is 0 Å². The van der Waals surface area contributed by atoms with Crippen molar-refractivity contribution in [2.45, 2.75) is 32.6 Å². The lowest BCUT2D eigenvalue weighted by molar-refractivity contribution is 0.741. The van der Waals surface area contributed by atoms with Crippen molar-refractivity contribution >= 4 is 11.3 Å². The van der Waals surface area contributed by atoms with Gasteiger partial charge in [-0.05, 0) is 32.2 Å². The fourth-order valence-corrected chi connectivity index (χ4v) is 1.95. The summed E-state index contributed by atoms with van der Waals surface area (Å²) in [6.07, 6.45) is 6.48. The Hall–Kier alpha value is -0.410. The average Bonchev–Trinajstić information content (AvgIpc) is 2.53. The van der Waals surface area contributed by atoms with Crippen LogP contribution in [-0.4, -0.2) is 11.5 Å². The molecular weight excluding hydrogens is 168 g/mol. The smallest absolute Gasteiger partial charge is 0.0927 e. The van der Waals surface area contributed by atoms with Gasteiger partial charge in [-0.3, -0.25) is 0 Å². The molecule has 0 aliphatic rings. The highest BCUT2D eigenvalue weighted by Gasteiger charge is 1.98. The predicted molar refractivity (Wildman–Crippen MR) is 53.5 cm³/mol. The number of unbranched alkanes of at least 4 members (excludes halogenated alkanes) is 1. The van der Waals surface area contributed by atoms with E-state index in [1.165, 1.54) is 16.3 Å². The Balaban J connectivity index is 2.31. The second kappa shape index (κ2) is 5.27. The number of hydrogen-bond donors (Lipinski definition) is 1. The van der Waals surface area contributed by atoms with Gasteiger partial charge in [-0.1, -0.05) is 6.92 Å². The number of nitrogens with zero attached hydrogens (tertiary/aromatic N) is 1. The molecule has 0 unspecified atom stereocenters. The first-order valence-electron chi connectivity index (χ1n) is 4.50. The standard InChI is InChI=1S/C9H16N2S/c1-2-8-7-11-9(12-8)5-3-4-6-10/h7H,2-6,10H2,1H3. The molecule has 0 aromatic carbocycles. The number of nitrogens with two attached hydrogens (primary N) is 1. The van der Waals surface area contributed by atoms with E-state index in [1.807, 2.05) is 17.5 Å². The van der Waals surface area contributed by atoms with Gasteiger partial charge < -0.3 is 5.73 Å². The number of thiazole rings is 1. The lowest BCUT2D eigenvalue weighted by Gasteiger charge is -1.93. The van der Waals surface area contributed by atoms with Crippen LogP contribution in [0.25, 0.3) is 0 Å². The van der Waals surface area contributed by atoms with Gasteiger partial charge in [-0.2, -0.15) is 0 Å². The van der Waals surface area contributed by atoms with Crippen LogP contribution in [0.15, 0.2) is 6.20 Å². The largest absolute Gasteiger partial charge is 0.330 e. The van der Waals surface area contributed by atoms with E-state index in [0.717, 1.165) is 25.8 Å². The van der Waals surface area contributed by atoms with Crippen molar-refractivity contribution in [2.24, 2.45) is 5.73 Å². The van der Waals surface area contributed by atoms with Crippen LogP contribution in [0.4, 0.5) is 0 Å². The Morgan fingerprint density at radius 2 is 2.33 bits per heavy atom. The van der Waals surface area contributed by atoms with Crippen LogP contribution in [0, 0.1) is 0 Å². The number of aromatic nitrogens is 1. The van der Waals surface area contributed by atoms with Crippen LogP contribution in [0.5, 0.6) is 0 Å². The molecule has 0 aliphatic heterocycles. The molecule has 0 atom stereocenters. The Morgan fingerprint density at radius 1 is 1.50 bits per heavy atom. The fourth-order valence-electron chi connectivity index (χ4n) is 1.05. The van der Waals surface area contributed by atoms with Gasteiger partial charge in [0.05, 0.1) is 5.01 Å². The molecule has 0 fully saturated rings. The monoisotopic (exact) mass is 184 g/mol. The molecule has 1 aromatic rings. The second-order valence-corrected chi connectivity index (χ2v) is 4.02. The summed E-state index contributed by atoms with van der Waals surface area (Å²) < 4.78 is 0. The van der Waals surface area contributed by atoms with Crippen molar-refractivity contribution in [2.75, 3.05) is 6.54 Å². The molecule has 0 saturated carbocycles. The summed E-state index contributed by atoms with van der Waals surface area (Å²) in [4.78, 5) is 5.72. The zero-order valence-electron chi connectivity index (χ0n) is 7.55. The first-order chi connectivity index (χ1) is 5.86. The quantitative estimate of drug-likeness (QED) is 0.711. The maximum atomic E-state index is 5.41. The minimum absolute atomic E-state index is 0.798. The highest BCUT2D eigenvalue weighted by atomic mass is 32.1. The summed E-state index contributed by atoms with van der Waals surface area (Å²) in [5.41, 5.74) is 5.41. The average molecular weight is 184 g/mol. The van der Waals surface area contributed by atoms with Crippen LogP contribution in [0.1, 0.15) is 29.7 Å². The highest BCUT2D eigenvalue weighted by Crippen LogP contribution is 2.15. The second-order valence-electron chi connectivity index (χ2n) is 2.82. The van der Waals surface area contributed by atoms with Gasteiger partial charge in [0.15, 0.2) is 0 Å². The summed E-state index contributed by atoms with van der Waals surface area (Å²) in [5, 5.41) is 1.26. The summed E-state index contributed by atoms with van der Waals surface area (Å²) in [6.45, 7) is 2.96. The van der Waals surface area contributed by atoms with E-state index >= 15 is 0 Å². The maximum absolute atomic E-state index is 5.41. The van der Waals surface area contributed by atoms with E-state index in [4.69, 9.17) is 5.73 Å². The van der Waals surface area contributed by atoms with Gasteiger partial charge in [-0.15, -0.1) is 11.3 Å². The van der Waals surface area contributed by atoms with Crippen molar-refractivity contribution in [1.82, 2.24) is 4.98 Å². The van der Waals surface area contributed by atoms with Crippen molar-refractivity contribution in [3.05, 3.63) is 16.1 Å². The number of aryl methyl sites for hydroxylation is 2. The zero-order chi connectivity index (χ0) is 8.81. The zero-order valence-corrected chi connectivity index (χ0v) is 8.36. The minimum atomic E-state index is 0.798. The molecule has 0 radical (unpaired) electrons. The van der Waals surface area contributed by atoms with Crippen molar-refractivity contribution in [3.63, 3.8) is 0 Å². The van der Waals surface area contributed by atoms with Crippen LogP contribution in [-0.2, 0) is 12.8 Å². The molecule has 2 N–H and O–H groups in total. The lowest BCUT2D eigenvalue weighted by Crippen LogP contribution is -1.98. The molecule has 0 bridgehead atoms. The van der Waals surface area contributed by atoms with Gasteiger partial charge >= 0.3 is 0 Å². The Bertz CT molecular complexity index is 220. The maximum Gasteiger partial charge on any atom is 0.0927 e. The number of rotatable bonds is 5. The fraction of sp³-hybridized carbons (Fsp3) is 0.667.